The fourth-order valence-electron chi connectivity index (χ4n) is 2.35. The van der Waals surface area contributed by atoms with Gasteiger partial charge in [0.1, 0.15) is 0 Å². The average Bonchev–Trinajstić information content (AvgIpc) is 2.56. The summed E-state index contributed by atoms with van der Waals surface area (Å²) in [6, 6.07) is 6.56. The van der Waals surface area contributed by atoms with Gasteiger partial charge in [-0.05, 0) is 37.1 Å². The van der Waals surface area contributed by atoms with Crippen LogP contribution >= 0.6 is 0 Å². The van der Waals surface area contributed by atoms with Gasteiger partial charge in [-0.15, -0.1) is 0 Å². The minimum Gasteiger partial charge on any atom is -0.462 e. The molecule has 1 aliphatic heterocycles. The maximum atomic E-state index is 12.3. The molecule has 0 saturated carbocycles. The first kappa shape index (κ1) is 17.0. The summed E-state index contributed by atoms with van der Waals surface area (Å²) in [5, 5.41) is 2.81. The van der Waals surface area contributed by atoms with Crippen LogP contribution in [0.25, 0.3) is 0 Å². The molecule has 1 aromatic carbocycles. The summed E-state index contributed by atoms with van der Waals surface area (Å²) in [6.07, 6.45) is 2.83. The van der Waals surface area contributed by atoms with Crippen molar-refractivity contribution in [2.75, 3.05) is 38.7 Å². The summed E-state index contributed by atoms with van der Waals surface area (Å²) in [5.74, 6) is -0.395. The Labute approximate surface area is 136 Å². The maximum Gasteiger partial charge on any atom is 0.338 e. The van der Waals surface area contributed by atoms with Gasteiger partial charge in [0.25, 0.3) is 0 Å². The first-order valence-corrected chi connectivity index (χ1v) is 7.64. The summed E-state index contributed by atoms with van der Waals surface area (Å²) >= 11 is 0. The number of benzene rings is 1. The number of methoxy groups -OCH3 is 1. The highest BCUT2D eigenvalue weighted by Crippen LogP contribution is 2.15. The Morgan fingerprint density at radius 3 is 2.83 bits per heavy atom. The van der Waals surface area contributed by atoms with E-state index in [4.69, 9.17) is 9.47 Å². The third kappa shape index (κ3) is 4.82. The van der Waals surface area contributed by atoms with E-state index in [2.05, 4.69) is 5.32 Å². The number of ether oxygens (including phenoxy) is 2. The number of nitrogens with zero attached hydrogens (tertiary/aromatic N) is 1. The zero-order chi connectivity index (χ0) is 16.7. The molecule has 6 heteroatoms. The largest absolute Gasteiger partial charge is 0.462 e. The number of anilines is 1. The Hall–Kier alpha value is -2.34. The molecule has 1 N–H and O–H groups in total. The van der Waals surface area contributed by atoms with Crippen LogP contribution in [0.3, 0.4) is 0 Å². The molecule has 0 saturated heterocycles. The Balaban J connectivity index is 1.96. The van der Waals surface area contributed by atoms with Crippen LogP contribution in [0.4, 0.5) is 10.5 Å². The lowest BCUT2D eigenvalue weighted by Crippen LogP contribution is -2.38. The van der Waals surface area contributed by atoms with Crippen LogP contribution in [0.2, 0.25) is 0 Å². The molecule has 0 radical (unpaired) electrons. The zero-order valence-electron chi connectivity index (χ0n) is 13.5. The molecule has 0 aromatic heterocycles. The third-order valence-corrected chi connectivity index (χ3v) is 3.55. The quantitative estimate of drug-likeness (QED) is 0.669. The van der Waals surface area contributed by atoms with E-state index < -0.39 is 5.97 Å². The number of carbonyl (C=O) groups excluding carboxylic acids is 2. The average molecular weight is 318 g/mol. The number of amides is 2. The van der Waals surface area contributed by atoms with Gasteiger partial charge >= 0.3 is 12.0 Å². The van der Waals surface area contributed by atoms with E-state index in [-0.39, 0.29) is 6.03 Å². The van der Waals surface area contributed by atoms with Crippen molar-refractivity contribution >= 4 is 17.7 Å². The molecule has 1 aliphatic rings. The van der Waals surface area contributed by atoms with Gasteiger partial charge in [-0.1, -0.05) is 12.1 Å². The van der Waals surface area contributed by atoms with Crippen LogP contribution in [0.5, 0.6) is 0 Å². The molecule has 1 heterocycles. The van der Waals surface area contributed by atoms with Crippen LogP contribution < -0.4 is 5.32 Å². The van der Waals surface area contributed by atoms with Crippen molar-refractivity contribution in [1.29, 1.82) is 0 Å². The Morgan fingerprint density at radius 2 is 2.17 bits per heavy atom. The Bertz CT molecular complexity index is 598. The molecule has 0 bridgehead atoms. The number of carbonyl (C=O) groups is 2. The van der Waals surface area contributed by atoms with Crippen molar-refractivity contribution < 1.29 is 19.1 Å². The normalized spacial score (nSPS) is 14.2. The van der Waals surface area contributed by atoms with Crippen molar-refractivity contribution in [3.63, 3.8) is 0 Å². The predicted molar refractivity (Wildman–Crippen MR) is 87.6 cm³/mol. The van der Waals surface area contributed by atoms with E-state index in [1.165, 1.54) is 5.57 Å². The molecule has 2 rings (SSSR count). The molecule has 0 unspecified atom stereocenters. The van der Waals surface area contributed by atoms with Crippen molar-refractivity contribution in [2.45, 2.75) is 13.3 Å². The molecule has 1 aromatic rings. The predicted octanol–water partition coefficient (Wildman–Crippen LogP) is 2.67. The van der Waals surface area contributed by atoms with Crippen molar-refractivity contribution in [3.8, 4) is 0 Å². The van der Waals surface area contributed by atoms with Gasteiger partial charge in [-0.3, -0.25) is 0 Å². The smallest absolute Gasteiger partial charge is 0.338 e. The van der Waals surface area contributed by atoms with Crippen LogP contribution in [-0.4, -0.2) is 50.3 Å². The van der Waals surface area contributed by atoms with Crippen LogP contribution in [0.15, 0.2) is 35.9 Å². The molecular formula is C17H22N2O4. The number of esters is 1. The summed E-state index contributed by atoms with van der Waals surface area (Å²) in [6.45, 7) is 3.89. The Kier molecular flexibility index (Phi) is 6.17. The van der Waals surface area contributed by atoms with E-state index in [9.17, 15) is 9.59 Å². The molecular weight excluding hydrogens is 296 g/mol. The maximum absolute atomic E-state index is 12.3. The van der Waals surface area contributed by atoms with Gasteiger partial charge in [0, 0.05) is 25.9 Å². The summed E-state index contributed by atoms with van der Waals surface area (Å²) in [7, 11) is 1.66. The number of hydrogen-bond donors (Lipinski definition) is 1. The van der Waals surface area contributed by atoms with Crippen LogP contribution in [-0.2, 0) is 9.47 Å². The highest BCUT2D eigenvalue weighted by atomic mass is 16.5. The second-order valence-corrected chi connectivity index (χ2v) is 5.22. The van der Waals surface area contributed by atoms with Gasteiger partial charge in [0.15, 0.2) is 0 Å². The molecule has 6 nitrogen and oxygen atoms in total. The van der Waals surface area contributed by atoms with Crippen LogP contribution in [0, 0.1) is 0 Å². The molecule has 124 valence electrons. The fraction of sp³-hybridized carbons (Fsp3) is 0.412. The molecule has 0 fully saturated rings. The fourth-order valence-corrected chi connectivity index (χ4v) is 2.35. The lowest BCUT2D eigenvalue weighted by atomic mass is 10.1. The first-order chi connectivity index (χ1) is 11.1. The van der Waals surface area contributed by atoms with Gasteiger partial charge in [0.2, 0.25) is 0 Å². The highest BCUT2D eigenvalue weighted by molar-refractivity contribution is 5.94. The first-order valence-electron chi connectivity index (χ1n) is 7.64. The number of nitrogens with one attached hydrogen (secondary N) is 1. The molecule has 0 aliphatic carbocycles. The standard InChI is InChI=1S/C17H22N2O4/c1-3-23-16(20)14-5-4-6-15(11-14)18-17(21)19-9-7-13(8-10-19)12-22-2/h4-7,11H,3,8-10,12H2,1-2H3,(H,18,21). The minimum absolute atomic E-state index is 0.182. The lowest BCUT2D eigenvalue weighted by molar-refractivity contribution is 0.0526. The number of urea groups is 1. The van der Waals surface area contributed by atoms with Gasteiger partial charge in [0.05, 0.1) is 18.8 Å². The van der Waals surface area contributed by atoms with E-state index in [0.29, 0.717) is 37.6 Å². The monoisotopic (exact) mass is 318 g/mol. The van der Waals surface area contributed by atoms with Crippen molar-refractivity contribution in [2.24, 2.45) is 0 Å². The van der Waals surface area contributed by atoms with Gasteiger partial charge < -0.3 is 19.7 Å². The molecule has 0 spiro atoms. The summed E-state index contributed by atoms with van der Waals surface area (Å²) in [5.41, 5.74) is 2.21. The van der Waals surface area contributed by atoms with E-state index in [1.807, 2.05) is 6.08 Å². The van der Waals surface area contributed by atoms with Crippen LogP contribution in [0.1, 0.15) is 23.7 Å². The van der Waals surface area contributed by atoms with E-state index in [0.717, 1.165) is 6.42 Å². The van der Waals surface area contributed by atoms with E-state index in [1.54, 1.807) is 43.2 Å². The molecule has 23 heavy (non-hydrogen) atoms. The van der Waals surface area contributed by atoms with Gasteiger partial charge in [-0.2, -0.15) is 0 Å². The second-order valence-electron chi connectivity index (χ2n) is 5.22. The van der Waals surface area contributed by atoms with E-state index >= 15 is 0 Å². The third-order valence-electron chi connectivity index (χ3n) is 3.55. The minimum atomic E-state index is -0.395. The summed E-state index contributed by atoms with van der Waals surface area (Å²) < 4.78 is 10.1. The van der Waals surface area contributed by atoms with Crippen molar-refractivity contribution in [3.05, 3.63) is 41.5 Å². The second kappa shape index (κ2) is 8.33. The molecule has 2 amide bonds. The highest BCUT2D eigenvalue weighted by Gasteiger charge is 2.17. The van der Waals surface area contributed by atoms with Gasteiger partial charge in [-0.25, -0.2) is 9.59 Å². The number of hydrogen-bond acceptors (Lipinski definition) is 4. The molecule has 0 atom stereocenters. The zero-order valence-corrected chi connectivity index (χ0v) is 13.5. The lowest BCUT2D eigenvalue weighted by Gasteiger charge is -2.26. The SMILES string of the molecule is CCOC(=O)c1cccc(NC(=O)N2CC=C(COC)CC2)c1. The Morgan fingerprint density at radius 1 is 1.35 bits per heavy atom. The number of rotatable bonds is 5. The van der Waals surface area contributed by atoms with Crippen molar-refractivity contribution in [1.82, 2.24) is 4.90 Å². The topological polar surface area (TPSA) is 67.9 Å². The summed E-state index contributed by atoms with van der Waals surface area (Å²) in [4.78, 5) is 25.7.